The third-order valence-corrected chi connectivity index (χ3v) is 6.15. The molecule has 5 rings (SSSR count). The van der Waals surface area contributed by atoms with E-state index in [1.807, 2.05) is 35.1 Å². The molecule has 0 bridgehead atoms. The topological polar surface area (TPSA) is 84.4 Å². The number of hydrogen-bond acceptors (Lipinski definition) is 6. The fraction of sp³-hybridized carbons (Fsp3) is 0.320. The number of anilines is 2. The van der Waals surface area contributed by atoms with Gasteiger partial charge in [0.05, 0.1) is 11.9 Å². The van der Waals surface area contributed by atoms with Gasteiger partial charge in [-0.2, -0.15) is 9.61 Å². The van der Waals surface area contributed by atoms with Crippen LogP contribution in [0.25, 0.3) is 5.65 Å². The average Bonchev–Trinajstić information content (AvgIpc) is 3.19. The van der Waals surface area contributed by atoms with Crippen LogP contribution in [0.4, 0.5) is 11.5 Å². The predicted octanol–water partition coefficient (Wildman–Crippen LogP) is 4.01. The van der Waals surface area contributed by atoms with E-state index in [1.54, 1.807) is 6.20 Å². The lowest BCUT2D eigenvalue weighted by atomic mass is 9.94. The fourth-order valence-electron chi connectivity index (χ4n) is 4.51. The summed E-state index contributed by atoms with van der Waals surface area (Å²) in [5.74, 6) is 1.36. The molecule has 1 saturated heterocycles. The molecular weight excluding hydrogens is 398 g/mol. The minimum Gasteiger partial charge on any atom is -0.399 e. The Balaban J connectivity index is 1.38. The van der Waals surface area contributed by atoms with Gasteiger partial charge in [-0.25, -0.2) is 4.98 Å². The Morgan fingerprint density at radius 1 is 1.12 bits per heavy atom. The lowest BCUT2D eigenvalue weighted by Gasteiger charge is -2.32. The zero-order valence-electron chi connectivity index (χ0n) is 18.4. The quantitative estimate of drug-likeness (QED) is 0.453. The van der Waals surface area contributed by atoms with Crippen molar-refractivity contribution in [3.63, 3.8) is 0 Å². The number of rotatable bonds is 6. The lowest BCUT2D eigenvalue weighted by molar-refractivity contribution is 0.198. The number of piperidine rings is 1. The van der Waals surface area contributed by atoms with Crippen molar-refractivity contribution in [2.75, 3.05) is 24.1 Å². The van der Waals surface area contributed by atoms with Gasteiger partial charge in [0, 0.05) is 55.3 Å². The van der Waals surface area contributed by atoms with E-state index in [0.29, 0.717) is 12.5 Å². The van der Waals surface area contributed by atoms with E-state index in [2.05, 4.69) is 51.5 Å². The summed E-state index contributed by atoms with van der Waals surface area (Å²) in [5, 5.41) is 8.10. The molecule has 4 aromatic rings. The molecule has 4 heterocycles. The van der Waals surface area contributed by atoms with Crippen LogP contribution >= 0.6 is 0 Å². The number of nitrogens with two attached hydrogens (primary N) is 1. The van der Waals surface area contributed by atoms with Gasteiger partial charge in [-0.1, -0.05) is 18.2 Å². The molecule has 0 saturated carbocycles. The molecule has 3 N–H and O–H groups in total. The summed E-state index contributed by atoms with van der Waals surface area (Å²) in [6, 6.07) is 14.4. The van der Waals surface area contributed by atoms with Crippen LogP contribution in [-0.4, -0.2) is 37.6 Å². The van der Waals surface area contributed by atoms with Crippen molar-refractivity contribution >= 4 is 17.2 Å². The number of aryl methyl sites for hydroxylation is 1. The zero-order valence-corrected chi connectivity index (χ0v) is 18.4. The monoisotopic (exact) mass is 427 g/mol. The van der Waals surface area contributed by atoms with Gasteiger partial charge in [-0.3, -0.25) is 9.88 Å². The third-order valence-electron chi connectivity index (χ3n) is 6.15. The largest absolute Gasteiger partial charge is 0.399 e. The number of pyridine rings is 1. The Bertz CT molecular complexity index is 1200. The third kappa shape index (κ3) is 4.43. The highest BCUT2D eigenvalue weighted by molar-refractivity contribution is 5.54. The summed E-state index contributed by atoms with van der Waals surface area (Å²) in [7, 11) is 0. The van der Waals surface area contributed by atoms with E-state index in [1.165, 1.54) is 5.56 Å². The molecule has 1 aliphatic heterocycles. The molecule has 3 aromatic heterocycles. The Kier molecular flexibility index (Phi) is 5.73. The lowest BCUT2D eigenvalue weighted by Crippen LogP contribution is -2.34. The standard InChI is InChI=1S/C25H29N7/c1-18-13-29-32-24(28-15-20-6-3-9-27-14-20)12-23(30-25(18)32)21-7-4-10-31(17-21)16-19-5-2-8-22(26)11-19/h2-3,5-6,8-9,11-14,21,28H,4,7,10,15-17,26H2,1H3. The van der Waals surface area contributed by atoms with Crippen LogP contribution in [0.5, 0.6) is 0 Å². The van der Waals surface area contributed by atoms with Crippen LogP contribution in [0, 0.1) is 6.92 Å². The van der Waals surface area contributed by atoms with E-state index in [4.69, 9.17) is 10.7 Å². The summed E-state index contributed by atoms with van der Waals surface area (Å²) in [6.45, 7) is 5.77. The normalized spacial score (nSPS) is 17.0. The first-order chi connectivity index (χ1) is 15.7. The van der Waals surface area contributed by atoms with Crippen molar-refractivity contribution in [1.29, 1.82) is 0 Å². The second-order valence-electron chi connectivity index (χ2n) is 8.66. The number of benzene rings is 1. The predicted molar refractivity (Wildman–Crippen MR) is 127 cm³/mol. The molecule has 1 fully saturated rings. The van der Waals surface area contributed by atoms with Crippen LogP contribution in [0.3, 0.4) is 0 Å². The molecule has 1 unspecified atom stereocenters. The molecule has 0 amide bonds. The van der Waals surface area contributed by atoms with Crippen molar-refractivity contribution in [1.82, 2.24) is 24.5 Å². The molecular formula is C25H29N7. The van der Waals surface area contributed by atoms with Gasteiger partial charge in [0.15, 0.2) is 5.65 Å². The van der Waals surface area contributed by atoms with Gasteiger partial charge >= 0.3 is 0 Å². The van der Waals surface area contributed by atoms with E-state index in [9.17, 15) is 0 Å². The van der Waals surface area contributed by atoms with Crippen molar-refractivity contribution in [2.24, 2.45) is 0 Å². The summed E-state index contributed by atoms with van der Waals surface area (Å²) in [4.78, 5) is 11.8. The number of aromatic nitrogens is 4. The van der Waals surface area contributed by atoms with Crippen LogP contribution in [0.1, 0.15) is 41.1 Å². The maximum absolute atomic E-state index is 5.98. The van der Waals surface area contributed by atoms with Gasteiger partial charge in [0.25, 0.3) is 0 Å². The molecule has 0 spiro atoms. The second kappa shape index (κ2) is 8.96. The number of fused-ring (bicyclic) bond motifs is 1. The van der Waals surface area contributed by atoms with E-state index < -0.39 is 0 Å². The Labute approximate surface area is 188 Å². The number of nitrogens with one attached hydrogen (secondary N) is 1. The molecule has 0 aliphatic carbocycles. The second-order valence-corrected chi connectivity index (χ2v) is 8.66. The molecule has 1 atom stereocenters. The van der Waals surface area contributed by atoms with Crippen LogP contribution in [-0.2, 0) is 13.1 Å². The summed E-state index contributed by atoms with van der Waals surface area (Å²) in [5.41, 5.74) is 12.3. The van der Waals surface area contributed by atoms with E-state index >= 15 is 0 Å². The minimum atomic E-state index is 0.392. The average molecular weight is 428 g/mol. The van der Waals surface area contributed by atoms with Gasteiger partial charge in [-0.15, -0.1) is 0 Å². The highest BCUT2D eigenvalue weighted by Crippen LogP contribution is 2.29. The molecule has 1 aromatic carbocycles. The SMILES string of the molecule is Cc1cnn2c(NCc3cccnc3)cc(C3CCCN(Cc4cccc(N)c4)C3)nc12. The molecule has 7 nitrogen and oxygen atoms in total. The summed E-state index contributed by atoms with van der Waals surface area (Å²) in [6.07, 6.45) is 7.87. The first-order valence-electron chi connectivity index (χ1n) is 11.2. The molecule has 164 valence electrons. The van der Waals surface area contributed by atoms with Gasteiger partial charge in [0.1, 0.15) is 5.82 Å². The zero-order chi connectivity index (χ0) is 21.9. The van der Waals surface area contributed by atoms with Crippen molar-refractivity contribution in [2.45, 2.75) is 38.8 Å². The first-order valence-corrected chi connectivity index (χ1v) is 11.2. The van der Waals surface area contributed by atoms with Crippen molar-refractivity contribution < 1.29 is 0 Å². The number of nitrogen functional groups attached to an aromatic ring is 1. The van der Waals surface area contributed by atoms with E-state index in [-0.39, 0.29) is 0 Å². The Hall–Kier alpha value is -3.45. The van der Waals surface area contributed by atoms with Gasteiger partial charge < -0.3 is 11.1 Å². The van der Waals surface area contributed by atoms with Crippen LogP contribution < -0.4 is 11.1 Å². The smallest absolute Gasteiger partial charge is 0.160 e. The molecule has 0 radical (unpaired) electrons. The van der Waals surface area contributed by atoms with E-state index in [0.717, 1.165) is 66.4 Å². The maximum atomic E-state index is 5.98. The Morgan fingerprint density at radius 2 is 2.03 bits per heavy atom. The highest BCUT2D eigenvalue weighted by Gasteiger charge is 2.24. The number of nitrogens with zero attached hydrogens (tertiary/aromatic N) is 5. The Morgan fingerprint density at radius 3 is 2.88 bits per heavy atom. The number of likely N-dealkylation sites (tertiary alicyclic amines) is 1. The van der Waals surface area contributed by atoms with Gasteiger partial charge in [-0.05, 0) is 55.6 Å². The van der Waals surface area contributed by atoms with Crippen molar-refractivity contribution in [3.8, 4) is 0 Å². The summed E-state index contributed by atoms with van der Waals surface area (Å²) >= 11 is 0. The molecule has 7 heteroatoms. The van der Waals surface area contributed by atoms with Crippen LogP contribution in [0.2, 0.25) is 0 Å². The number of hydrogen-bond donors (Lipinski definition) is 2. The molecule has 1 aliphatic rings. The first kappa shape index (κ1) is 20.5. The van der Waals surface area contributed by atoms with Crippen LogP contribution in [0.15, 0.2) is 61.1 Å². The fourth-order valence-corrected chi connectivity index (χ4v) is 4.51. The van der Waals surface area contributed by atoms with Gasteiger partial charge in [0.2, 0.25) is 0 Å². The van der Waals surface area contributed by atoms with Crippen molar-refractivity contribution in [3.05, 3.63) is 83.4 Å². The maximum Gasteiger partial charge on any atom is 0.160 e. The minimum absolute atomic E-state index is 0.392. The molecule has 32 heavy (non-hydrogen) atoms. The summed E-state index contributed by atoms with van der Waals surface area (Å²) < 4.78 is 1.91. The highest BCUT2D eigenvalue weighted by atomic mass is 15.3.